The molecule has 2 nitrogen and oxygen atoms in total. The summed E-state index contributed by atoms with van der Waals surface area (Å²) in [6.45, 7) is 0. The van der Waals surface area contributed by atoms with Crippen molar-refractivity contribution in [3.05, 3.63) is 56.7 Å². The fourth-order valence-electron chi connectivity index (χ4n) is 1.46. The maximum atomic E-state index is 13.7. The summed E-state index contributed by atoms with van der Waals surface area (Å²) in [4.78, 5) is 0. The van der Waals surface area contributed by atoms with Gasteiger partial charge in [-0.1, -0.05) is 39.1 Å². The molecule has 0 fully saturated rings. The van der Waals surface area contributed by atoms with E-state index in [4.69, 9.17) is 35.4 Å². The fourth-order valence-corrected chi connectivity index (χ4v) is 2.47. The Balaban J connectivity index is 2.09. The largest absolute Gasteiger partial charge is 0.331 e. The molecular formula is C13H8BrCl2FN2S. The molecule has 0 bridgehead atoms. The quantitative estimate of drug-likeness (QED) is 0.639. The van der Waals surface area contributed by atoms with Gasteiger partial charge in [0.2, 0.25) is 0 Å². The average molecular weight is 394 g/mol. The highest BCUT2D eigenvalue weighted by Gasteiger charge is 2.07. The Labute approximate surface area is 139 Å². The lowest BCUT2D eigenvalue weighted by atomic mass is 10.3. The monoisotopic (exact) mass is 392 g/mol. The highest BCUT2D eigenvalue weighted by atomic mass is 79.9. The molecule has 20 heavy (non-hydrogen) atoms. The third-order valence-corrected chi connectivity index (χ3v) is 3.60. The molecule has 0 unspecified atom stereocenters. The van der Waals surface area contributed by atoms with Crippen LogP contribution in [0.5, 0.6) is 0 Å². The van der Waals surface area contributed by atoms with Gasteiger partial charge in [0.15, 0.2) is 5.11 Å². The van der Waals surface area contributed by atoms with E-state index < -0.39 is 5.82 Å². The van der Waals surface area contributed by atoms with Crippen LogP contribution in [0.1, 0.15) is 0 Å². The first-order valence-corrected chi connectivity index (χ1v) is 7.39. The van der Waals surface area contributed by atoms with Crippen LogP contribution in [0, 0.1) is 5.82 Å². The Morgan fingerprint density at radius 3 is 2.35 bits per heavy atom. The number of rotatable bonds is 2. The summed E-state index contributed by atoms with van der Waals surface area (Å²) >= 11 is 20.1. The molecule has 2 aromatic carbocycles. The maximum absolute atomic E-state index is 13.7. The predicted molar refractivity (Wildman–Crippen MR) is 90.4 cm³/mol. The van der Waals surface area contributed by atoms with Crippen molar-refractivity contribution in [2.24, 2.45) is 0 Å². The lowest BCUT2D eigenvalue weighted by Gasteiger charge is -2.12. The van der Waals surface area contributed by atoms with Gasteiger partial charge in [0.1, 0.15) is 5.82 Å². The molecule has 0 saturated carbocycles. The van der Waals surface area contributed by atoms with Gasteiger partial charge in [0.25, 0.3) is 0 Å². The van der Waals surface area contributed by atoms with Gasteiger partial charge in [-0.05, 0) is 48.6 Å². The van der Waals surface area contributed by atoms with Crippen molar-refractivity contribution in [2.45, 2.75) is 0 Å². The van der Waals surface area contributed by atoms with E-state index in [0.29, 0.717) is 20.2 Å². The summed E-state index contributed by atoms with van der Waals surface area (Å²) in [6.07, 6.45) is 0. The number of benzene rings is 2. The summed E-state index contributed by atoms with van der Waals surface area (Å²) in [5.74, 6) is -0.411. The second-order valence-electron chi connectivity index (χ2n) is 3.83. The van der Waals surface area contributed by atoms with Gasteiger partial charge in [-0.25, -0.2) is 4.39 Å². The SMILES string of the molecule is Fc1cc(Br)ccc1NC(=S)Nc1ccc(Cl)cc1Cl. The van der Waals surface area contributed by atoms with Gasteiger partial charge in [0.05, 0.1) is 16.4 Å². The van der Waals surface area contributed by atoms with Crippen molar-refractivity contribution in [3.8, 4) is 0 Å². The Hall–Kier alpha value is -0.880. The minimum atomic E-state index is -0.411. The minimum Gasteiger partial charge on any atom is -0.331 e. The molecule has 2 N–H and O–H groups in total. The first-order chi connectivity index (χ1) is 9.45. The molecule has 0 amide bonds. The van der Waals surface area contributed by atoms with Crippen LogP contribution in [0.15, 0.2) is 40.9 Å². The Morgan fingerprint density at radius 2 is 1.70 bits per heavy atom. The molecule has 0 atom stereocenters. The standard InChI is InChI=1S/C13H8BrCl2FN2S/c14-7-1-3-12(10(17)5-7)19-13(20)18-11-4-2-8(15)6-9(11)16/h1-6H,(H2,18,19,20). The third-order valence-electron chi connectivity index (χ3n) is 2.36. The first-order valence-electron chi connectivity index (χ1n) is 5.44. The second kappa shape index (κ2) is 6.72. The van der Waals surface area contributed by atoms with E-state index in [1.54, 1.807) is 30.3 Å². The molecule has 7 heteroatoms. The molecule has 0 spiro atoms. The molecule has 104 valence electrons. The highest BCUT2D eigenvalue weighted by molar-refractivity contribution is 9.10. The smallest absolute Gasteiger partial charge is 0.175 e. The van der Waals surface area contributed by atoms with Gasteiger partial charge in [0, 0.05) is 9.50 Å². The molecule has 2 aromatic rings. The topological polar surface area (TPSA) is 24.1 Å². The zero-order valence-corrected chi connectivity index (χ0v) is 13.8. The van der Waals surface area contributed by atoms with Crippen molar-refractivity contribution >= 4 is 67.8 Å². The number of thiocarbonyl (C=S) groups is 1. The van der Waals surface area contributed by atoms with Crippen LogP contribution < -0.4 is 10.6 Å². The molecule has 0 aliphatic heterocycles. The van der Waals surface area contributed by atoms with Crippen LogP contribution in [0.3, 0.4) is 0 Å². The van der Waals surface area contributed by atoms with E-state index in [-0.39, 0.29) is 10.8 Å². The molecule has 0 aliphatic carbocycles. The third kappa shape index (κ3) is 4.06. The normalized spacial score (nSPS) is 10.2. The van der Waals surface area contributed by atoms with E-state index in [1.807, 2.05) is 0 Å². The maximum Gasteiger partial charge on any atom is 0.175 e. The van der Waals surface area contributed by atoms with Gasteiger partial charge in [-0.3, -0.25) is 0 Å². The number of halogens is 4. The summed E-state index contributed by atoms with van der Waals surface area (Å²) in [7, 11) is 0. The lowest BCUT2D eigenvalue weighted by molar-refractivity contribution is 0.631. The van der Waals surface area contributed by atoms with Crippen LogP contribution in [0.4, 0.5) is 15.8 Å². The first kappa shape index (κ1) is 15.5. The van der Waals surface area contributed by atoms with Crippen LogP contribution in [-0.2, 0) is 0 Å². The van der Waals surface area contributed by atoms with E-state index in [9.17, 15) is 4.39 Å². The number of hydrogen-bond donors (Lipinski definition) is 2. The Kier molecular flexibility index (Phi) is 5.21. The van der Waals surface area contributed by atoms with Gasteiger partial charge in [-0.2, -0.15) is 0 Å². The lowest BCUT2D eigenvalue weighted by Crippen LogP contribution is -2.20. The summed E-state index contributed by atoms with van der Waals surface area (Å²) in [5.41, 5.74) is 0.863. The fraction of sp³-hybridized carbons (Fsp3) is 0. The van der Waals surface area contributed by atoms with E-state index in [0.717, 1.165) is 0 Å². The van der Waals surface area contributed by atoms with Crippen molar-refractivity contribution in [3.63, 3.8) is 0 Å². The second-order valence-corrected chi connectivity index (χ2v) is 6.00. The van der Waals surface area contributed by atoms with Crippen molar-refractivity contribution in [1.82, 2.24) is 0 Å². The van der Waals surface area contributed by atoms with Crippen molar-refractivity contribution < 1.29 is 4.39 Å². The van der Waals surface area contributed by atoms with Crippen molar-refractivity contribution in [1.29, 1.82) is 0 Å². The van der Waals surface area contributed by atoms with Gasteiger partial charge < -0.3 is 10.6 Å². The van der Waals surface area contributed by atoms with Crippen LogP contribution >= 0.6 is 51.3 Å². The summed E-state index contributed by atoms with van der Waals surface area (Å²) in [6, 6.07) is 9.60. The predicted octanol–water partition coefficient (Wildman–Crippen LogP) is 5.70. The van der Waals surface area contributed by atoms with E-state index in [1.165, 1.54) is 6.07 Å². The molecule has 0 radical (unpaired) electrons. The van der Waals surface area contributed by atoms with Gasteiger partial charge >= 0.3 is 0 Å². The van der Waals surface area contributed by atoms with Gasteiger partial charge in [-0.15, -0.1) is 0 Å². The molecule has 0 saturated heterocycles. The molecule has 0 heterocycles. The van der Waals surface area contributed by atoms with E-state index in [2.05, 4.69) is 26.6 Å². The Bertz CT molecular complexity index is 611. The van der Waals surface area contributed by atoms with Crippen molar-refractivity contribution in [2.75, 3.05) is 10.6 Å². The number of hydrogen-bond acceptors (Lipinski definition) is 1. The number of anilines is 2. The molecule has 0 aromatic heterocycles. The average Bonchev–Trinajstić information content (AvgIpc) is 2.36. The molecule has 0 aliphatic rings. The van der Waals surface area contributed by atoms with Crippen LogP contribution in [-0.4, -0.2) is 5.11 Å². The zero-order chi connectivity index (χ0) is 14.7. The van der Waals surface area contributed by atoms with Crippen LogP contribution in [0.2, 0.25) is 10.0 Å². The van der Waals surface area contributed by atoms with Crippen LogP contribution in [0.25, 0.3) is 0 Å². The molecular weight excluding hydrogens is 386 g/mol. The Morgan fingerprint density at radius 1 is 1.05 bits per heavy atom. The minimum absolute atomic E-state index is 0.232. The molecule has 2 rings (SSSR count). The number of nitrogens with one attached hydrogen (secondary N) is 2. The summed E-state index contributed by atoms with van der Waals surface area (Å²) < 4.78 is 14.3. The van der Waals surface area contributed by atoms with E-state index >= 15 is 0 Å². The highest BCUT2D eigenvalue weighted by Crippen LogP contribution is 2.26. The summed E-state index contributed by atoms with van der Waals surface area (Å²) in [5, 5.41) is 6.83. The zero-order valence-electron chi connectivity index (χ0n) is 9.88.